The van der Waals surface area contributed by atoms with Gasteiger partial charge in [0.15, 0.2) is 0 Å². The molecule has 0 aliphatic heterocycles. The van der Waals surface area contributed by atoms with Gasteiger partial charge in [-0.1, -0.05) is 0 Å². The van der Waals surface area contributed by atoms with E-state index in [0.29, 0.717) is 6.61 Å². The van der Waals surface area contributed by atoms with Gasteiger partial charge in [0.1, 0.15) is 11.5 Å². The largest absolute Gasteiger partial charge is 0.508 e. The Labute approximate surface area is 89.5 Å². The predicted octanol–water partition coefficient (Wildman–Crippen LogP) is 1.39. The Kier molecular flexibility index (Phi) is 4.39. The third-order valence-corrected chi connectivity index (χ3v) is 2.18. The average molecular weight is 211 g/mol. The molecule has 0 bridgehead atoms. The van der Waals surface area contributed by atoms with Crippen LogP contribution < -0.4 is 5.32 Å². The summed E-state index contributed by atoms with van der Waals surface area (Å²) in [6.45, 7) is 3.33. The van der Waals surface area contributed by atoms with Gasteiger partial charge in [0, 0.05) is 25.8 Å². The Bertz CT molecular complexity index is 294. The minimum atomic E-state index is 0.0677. The molecule has 4 heteroatoms. The second kappa shape index (κ2) is 5.58. The number of phenols is 2. The van der Waals surface area contributed by atoms with Crippen molar-refractivity contribution in [3.8, 4) is 11.5 Å². The maximum atomic E-state index is 9.30. The van der Waals surface area contributed by atoms with Crippen LogP contribution in [0.4, 0.5) is 0 Å². The highest BCUT2D eigenvalue weighted by Gasteiger charge is 2.06. The molecule has 0 saturated heterocycles. The molecule has 15 heavy (non-hydrogen) atoms. The second-order valence-electron chi connectivity index (χ2n) is 3.45. The van der Waals surface area contributed by atoms with Gasteiger partial charge < -0.3 is 20.3 Å². The van der Waals surface area contributed by atoms with E-state index < -0.39 is 0 Å². The molecule has 3 N–H and O–H groups in total. The molecule has 0 aromatic heterocycles. The minimum Gasteiger partial charge on any atom is -0.508 e. The molecule has 84 valence electrons. The molecule has 0 aliphatic carbocycles. The van der Waals surface area contributed by atoms with Crippen molar-refractivity contribution in [3.63, 3.8) is 0 Å². The van der Waals surface area contributed by atoms with Crippen LogP contribution in [0.3, 0.4) is 0 Å². The molecule has 1 aromatic carbocycles. The normalized spacial score (nSPS) is 12.7. The summed E-state index contributed by atoms with van der Waals surface area (Å²) < 4.78 is 4.91. The Hall–Kier alpha value is -1.26. The summed E-state index contributed by atoms with van der Waals surface area (Å²) in [4.78, 5) is 0. The topological polar surface area (TPSA) is 61.7 Å². The lowest BCUT2D eigenvalue weighted by Gasteiger charge is -2.14. The predicted molar refractivity (Wildman–Crippen MR) is 58.1 cm³/mol. The van der Waals surface area contributed by atoms with Crippen LogP contribution in [0.2, 0.25) is 0 Å². The first-order valence-corrected chi connectivity index (χ1v) is 4.88. The molecule has 1 rings (SSSR count). The van der Waals surface area contributed by atoms with Gasteiger partial charge in [-0.3, -0.25) is 0 Å². The summed E-state index contributed by atoms with van der Waals surface area (Å²) in [5, 5.41) is 21.8. The first-order valence-electron chi connectivity index (χ1n) is 4.88. The van der Waals surface area contributed by atoms with Gasteiger partial charge in [-0.15, -0.1) is 0 Å². The Morgan fingerprint density at radius 2 is 1.87 bits per heavy atom. The van der Waals surface area contributed by atoms with Crippen molar-refractivity contribution in [1.29, 1.82) is 0 Å². The van der Waals surface area contributed by atoms with Crippen molar-refractivity contribution in [2.45, 2.75) is 13.0 Å². The highest BCUT2D eigenvalue weighted by Crippen LogP contribution is 2.24. The molecular weight excluding hydrogens is 194 g/mol. The van der Waals surface area contributed by atoms with Crippen molar-refractivity contribution >= 4 is 0 Å². The van der Waals surface area contributed by atoms with Crippen LogP contribution in [0.1, 0.15) is 18.5 Å². The second-order valence-corrected chi connectivity index (χ2v) is 3.45. The maximum Gasteiger partial charge on any atom is 0.119 e. The van der Waals surface area contributed by atoms with Crippen LogP contribution in [0, 0.1) is 0 Å². The quantitative estimate of drug-likeness (QED) is 0.644. The highest BCUT2D eigenvalue weighted by molar-refractivity contribution is 5.37. The molecule has 1 aromatic rings. The van der Waals surface area contributed by atoms with E-state index in [2.05, 4.69) is 5.32 Å². The number of hydrogen-bond donors (Lipinski definition) is 3. The van der Waals surface area contributed by atoms with Crippen LogP contribution in [0.5, 0.6) is 11.5 Å². The van der Waals surface area contributed by atoms with Crippen LogP contribution in [0.15, 0.2) is 18.2 Å². The van der Waals surface area contributed by atoms with Crippen molar-refractivity contribution in [2.75, 3.05) is 20.3 Å². The fraction of sp³-hybridized carbons (Fsp3) is 0.455. The smallest absolute Gasteiger partial charge is 0.119 e. The number of hydrogen-bond acceptors (Lipinski definition) is 4. The zero-order valence-electron chi connectivity index (χ0n) is 9.03. The molecular formula is C11H17NO3. The molecule has 1 atom stereocenters. The van der Waals surface area contributed by atoms with Crippen molar-refractivity contribution in [1.82, 2.24) is 5.32 Å². The Morgan fingerprint density at radius 1 is 1.27 bits per heavy atom. The molecule has 0 heterocycles. The molecule has 0 aliphatic rings. The summed E-state index contributed by atoms with van der Waals surface area (Å²) in [6.07, 6.45) is 0. The van der Waals surface area contributed by atoms with E-state index >= 15 is 0 Å². The standard InChI is InChI=1S/C11H17NO3/c1-8(12-3-4-15-2)9-5-10(13)7-11(14)6-9/h5-8,12-14H,3-4H2,1-2H3. The van der Waals surface area contributed by atoms with E-state index in [0.717, 1.165) is 12.1 Å². The van der Waals surface area contributed by atoms with E-state index in [1.165, 1.54) is 6.07 Å². The van der Waals surface area contributed by atoms with E-state index in [4.69, 9.17) is 4.74 Å². The highest BCUT2D eigenvalue weighted by atomic mass is 16.5. The van der Waals surface area contributed by atoms with Gasteiger partial charge in [-0.05, 0) is 24.6 Å². The molecule has 0 fully saturated rings. The van der Waals surface area contributed by atoms with Crippen molar-refractivity contribution < 1.29 is 14.9 Å². The molecule has 1 unspecified atom stereocenters. The van der Waals surface area contributed by atoms with E-state index in [-0.39, 0.29) is 17.5 Å². The average Bonchev–Trinajstić information content (AvgIpc) is 2.16. The first-order chi connectivity index (χ1) is 7.13. The van der Waals surface area contributed by atoms with Gasteiger partial charge in [0.2, 0.25) is 0 Å². The summed E-state index contributed by atoms with van der Waals surface area (Å²) in [7, 11) is 1.65. The van der Waals surface area contributed by atoms with Gasteiger partial charge in [-0.2, -0.15) is 0 Å². The summed E-state index contributed by atoms with van der Waals surface area (Å²) >= 11 is 0. The van der Waals surface area contributed by atoms with Crippen LogP contribution in [-0.4, -0.2) is 30.5 Å². The minimum absolute atomic E-state index is 0.0677. The lowest BCUT2D eigenvalue weighted by atomic mass is 10.1. The zero-order valence-corrected chi connectivity index (χ0v) is 9.03. The number of aromatic hydroxyl groups is 2. The van der Waals surface area contributed by atoms with Gasteiger partial charge in [0.05, 0.1) is 6.61 Å². The fourth-order valence-corrected chi connectivity index (χ4v) is 1.36. The molecule has 0 amide bonds. The van der Waals surface area contributed by atoms with E-state index in [9.17, 15) is 10.2 Å². The van der Waals surface area contributed by atoms with E-state index in [1.54, 1.807) is 19.2 Å². The number of ether oxygens (including phenoxy) is 1. The zero-order chi connectivity index (χ0) is 11.3. The van der Waals surface area contributed by atoms with Crippen molar-refractivity contribution in [3.05, 3.63) is 23.8 Å². The molecule has 0 saturated carbocycles. The monoisotopic (exact) mass is 211 g/mol. The summed E-state index contributed by atoms with van der Waals surface area (Å²) in [5.74, 6) is 0.149. The lowest BCUT2D eigenvalue weighted by Crippen LogP contribution is -2.22. The van der Waals surface area contributed by atoms with Crippen molar-refractivity contribution in [2.24, 2.45) is 0 Å². The van der Waals surface area contributed by atoms with Crippen LogP contribution in [-0.2, 0) is 4.74 Å². The molecule has 0 spiro atoms. The molecule has 4 nitrogen and oxygen atoms in total. The number of phenolic OH excluding ortho intramolecular Hbond substituents is 2. The van der Waals surface area contributed by atoms with Crippen LogP contribution >= 0.6 is 0 Å². The first kappa shape index (κ1) is 11.8. The van der Waals surface area contributed by atoms with Crippen LogP contribution in [0.25, 0.3) is 0 Å². The SMILES string of the molecule is COCCNC(C)c1cc(O)cc(O)c1. The Balaban J connectivity index is 2.60. The number of benzene rings is 1. The lowest BCUT2D eigenvalue weighted by molar-refractivity contribution is 0.196. The third kappa shape index (κ3) is 3.77. The summed E-state index contributed by atoms with van der Waals surface area (Å²) in [5.41, 5.74) is 0.851. The molecule has 0 radical (unpaired) electrons. The van der Waals surface area contributed by atoms with Gasteiger partial charge in [-0.25, -0.2) is 0 Å². The van der Waals surface area contributed by atoms with Gasteiger partial charge >= 0.3 is 0 Å². The Morgan fingerprint density at radius 3 is 2.40 bits per heavy atom. The summed E-state index contributed by atoms with van der Waals surface area (Å²) in [6, 6.07) is 4.64. The fourth-order valence-electron chi connectivity index (χ4n) is 1.36. The van der Waals surface area contributed by atoms with E-state index in [1.807, 2.05) is 6.92 Å². The number of nitrogens with one attached hydrogen (secondary N) is 1. The third-order valence-electron chi connectivity index (χ3n) is 2.18. The van der Waals surface area contributed by atoms with Gasteiger partial charge in [0.25, 0.3) is 0 Å². The maximum absolute atomic E-state index is 9.30. The number of rotatable bonds is 5. The number of methoxy groups -OCH3 is 1.